The molecular weight excluding hydrogens is 152 g/mol. The lowest BCUT2D eigenvalue weighted by molar-refractivity contribution is 0.417. The van der Waals surface area contributed by atoms with Crippen LogP contribution in [0, 0.1) is 0 Å². The van der Waals surface area contributed by atoms with Gasteiger partial charge in [-0.25, -0.2) is 0 Å². The van der Waals surface area contributed by atoms with Gasteiger partial charge in [0.25, 0.3) is 0 Å². The molecule has 0 spiro atoms. The van der Waals surface area contributed by atoms with Crippen molar-refractivity contribution < 1.29 is 4.74 Å². The van der Waals surface area contributed by atoms with Crippen LogP contribution in [0.5, 0.6) is 5.75 Å². The summed E-state index contributed by atoms with van der Waals surface area (Å²) in [5.74, 6) is 0.753. The van der Waals surface area contributed by atoms with E-state index in [1.165, 1.54) is 5.56 Å². The number of ether oxygens (including phenoxy) is 1. The zero-order chi connectivity index (χ0) is 8.55. The third-order valence-corrected chi connectivity index (χ3v) is 2.17. The Morgan fingerprint density at radius 3 is 3.08 bits per heavy atom. The maximum atomic E-state index is 5.75. The molecule has 64 valence electrons. The summed E-state index contributed by atoms with van der Waals surface area (Å²) in [6.07, 6.45) is 1.06. The minimum Gasteiger partial charge on any atom is -0.495 e. The van der Waals surface area contributed by atoms with Crippen molar-refractivity contribution in [3.8, 4) is 5.75 Å². The van der Waals surface area contributed by atoms with E-state index < -0.39 is 0 Å². The topological polar surface area (TPSA) is 47.3 Å². The van der Waals surface area contributed by atoms with Gasteiger partial charge in [-0.3, -0.25) is 0 Å². The van der Waals surface area contributed by atoms with Gasteiger partial charge in [0.05, 0.1) is 12.8 Å². The molecular formula is C9H12N2O. The summed E-state index contributed by atoms with van der Waals surface area (Å²) >= 11 is 0. The Morgan fingerprint density at radius 2 is 2.33 bits per heavy atom. The van der Waals surface area contributed by atoms with Crippen LogP contribution in [0.2, 0.25) is 0 Å². The number of hydrogen-bond donors (Lipinski definition) is 2. The van der Waals surface area contributed by atoms with Gasteiger partial charge >= 0.3 is 0 Å². The molecule has 0 bridgehead atoms. The van der Waals surface area contributed by atoms with E-state index in [0.717, 1.165) is 30.1 Å². The number of anilines is 2. The number of nitrogens with one attached hydrogen (secondary N) is 1. The number of nitrogen functional groups attached to an aromatic ring is 1. The summed E-state index contributed by atoms with van der Waals surface area (Å²) in [7, 11) is 1.63. The molecule has 2 rings (SSSR count). The maximum absolute atomic E-state index is 5.75. The fourth-order valence-corrected chi connectivity index (χ4v) is 1.52. The summed E-state index contributed by atoms with van der Waals surface area (Å²) in [6, 6.07) is 3.94. The predicted octanol–water partition coefficient (Wildman–Crippen LogP) is 1.25. The molecule has 1 heterocycles. The first-order chi connectivity index (χ1) is 5.81. The Balaban J connectivity index is 2.49. The number of benzene rings is 1. The van der Waals surface area contributed by atoms with Gasteiger partial charge in [0.2, 0.25) is 0 Å². The van der Waals surface area contributed by atoms with Gasteiger partial charge in [-0.05, 0) is 18.1 Å². The first-order valence-corrected chi connectivity index (χ1v) is 4.01. The molecule has 0 saturated carbocycles. The molecule has 3 heteroatoms. The summed E-state index contributed by atoms with van der Waals surface area (Å²) < 4.78 is 5.11. The average Bonchev–Trinajstić information content (AvgIpc) is 2.49. The van der Waals surface area contributed by atoms with E-state index in [9.17, 15) is 0 Å². The van der Waals surface area contributed by atoms with E-state index in [1.807, 2.05) is 12.1 Å². The molecule has 1 aliphatic heterocycles. The highest BCUT2D eigenvalue weighted by molar-refractivity contribution is 5.67. The van der Waals surface area contributed by atoms with Gasteiger partial charge in [0.1, 0.15) is 5.75 Å². The predicted molar refractivity (Wildman–Crippen MR) is 49.6 cm³/mol. The number of hydrogen-bond acceptors (Lipinski definition) is 3. The van der Waals surface area contributed by atoms with E-state index in [-0.39, 0.29) is 0 Å². The average molecular weight is 164 g/mol. The van der Waals surface area contributed by atoms with E-state index in [0.29, 0.717) is 0 Å². The van der Waals surface area contributed by atoms with Crippen LogP contribution < -0.4 is 15.8 Å². The summed E-state index contributed by atoms with van der Waals surface area (Å²) in [4.78, 5) is 0. The molecule has 1 aliphatic rings. The van der Waals surface area contributed by atoms with Crippen molar-refractivity contribution >= 4 is 11.4 Å². The molecule has 12 heavy (non-hydrogen) atoms. The minimum absolute atomic E-state index is 0.722. The summed E-state index contributed by atoms with van der Waals surface area (Å²) in [6.45, 7) is 1.00. The second kappa shape index (κ2) is 2.59. The number of nitrogens with two attached hydrogens (primary N) is 1. The van der Waals surface area contributed by atoms with Crippen LogP contribution in [-0.4, -0.2) is 13.7 Å². The fraction of sp³-hybridized carbons (Fsp3) is 0.333. The third kappa shape index (κ3) is 0.978. The van der Waals surface area contributed by atoms with Crippen molar-refractivity contribution in [3.63, 3.8) is 0 Å². The molecule has 0 aliphatic carbocycles. The highest BCUT2D eigenvalue weighted by Crippen LogP contribution is 2.31. The van der Waals surface area contributed by atoms with Crippen LogP contribution in [0.1, 0.15) is 5.56 Å². The summed E-state index contributed by atoms with van der Waals surface area (Å²) in [5, 5.41) is 3.27. The van der Waals surface area contributed by atoms with Crippen LogP contribution >= 0.6 is 0 Å². The van der Waals surface area contributed by atoms with E-state index >= 15 is 0 Å². The third-order valence-electron chi connectivity index (χ3n) is 2.17. The lowest BCUT2D eigenvalue weighted by atomic mass is 10.1. The molecule has 0 saturated heterocycles. The first-order valence-electron chi connectivity index (χ1n) is 4.01. The zero-order valence-electron chi connectivity index (χ0n) is 7.05. The zero-order valence-corrected chi connectivity index (χ0v) is 7.05. The number of fused-ring (bicyclic) bond motifs is 1. The Bertz CT molecular complexity index is 309. The fourth-order valence-electron chi connectivity index (χ4n) is 1.52. The standard InChI is InChI=1S/C9H12N2O/c1-12-9-5-8-6(2-3-11-8)4-7(9)10/h4-5,11H,2-3,10H2,1H3. The number of rotatable bonds is 1. The highest BCUT2D eigenvalue weighted by Gasteiger charge is 2.12. The highest BCUT2D eigenvalue weighted by atomic mass is 16.5. The Labute approximate surface area is 71.5 Å². The lowest BCUT2D eigenvalue weighted by Gasteiger charge is -2.06. The largest absolute Gasteiger partial charge is 0.495 e. The van der Waals surface area contributed by atoms with Crippen LogP contribution in [-0.2, 0) is 6.42 Å². The molecule has 1 aromatic rings. The van der Waals surface area contributed by atoms with Gasteiger partial charge < -0.3 is 15.8 Å². The monoisotopic (exact) mass is 164 g/mol. The van der Waals surface area contributed by atoms with Gasteiger partial charge in [0.15, 0.2) is 0 Å². The first kappa shape index (κ1) is 7.28. The smallest absolute Gasteiger partial charge is 0.143 e. The molecule has 0 radical (unpaired) electrons. The second-order valence-electron chi connectivity index (χ2n) is 2.93. The Hall–Kier alpha value is -1.38. The Morgan fingerprint density at radius 1 is 1.50 bits per heavy atom. The molecule has 0 unspecified atom stereocenters. The van der Waals surface area contributed by atoms with E-state index in [4.69, 9.17) is 10.5 Å². The number of methoxy groups -OCH3 is 1. The Kier molecular flexibility index (Phi) is 1.57. The van der Waals surface area contributed by atoms with Gasteiger partial charge in [-0.2, -0.15) is 0 Å². The van der Waals surface area contributed by atoms with Crippen LogP contribution in [0.25, 0.3) is 0 Å². The SMILES string of the molecule is COc1cc2c(cc1N)CCN2. The van der Waals surface area contributed by atoms with Gasteiger partial charge in [-0.15, -0.1) is 0 Å². The van der Waals surface area contributed by atoms with Crippen molar-refractivity contribution in [2.45, 2.75) is 6.42 Å². The van der Waals surface area contributed by atoms with Crippen LogP contribution in [0.15, 0.2) is 12.1 Å². The normalized spacial score (nSPS) is 13.8. The molecule has 1 aromatic carbocycles. The summed E-state index contributed by atoms with van der Waals surface area (Å²) in [5.41, 5.74) is 8.91. The molecule has 0 aromatic heterocycles. The van der Waals surface area contributed by atoms with E-state index in [2.05, 4.69) is 5.32 Å². The van der Waals surface area contributed by atoms with Crippen molar-refractivity contribution in [2.24, 2.45) is 0 Å². The van der Waals surface area contributed by atoms with Crippen LogP contribution in [0.4, 0.5) is 11.4 Å². The van der Waals surface area contributed by atoms with Crippen molar-refractivity contribution in [1.29, 1.82) is 0 Å². The molecule has 0 atom stereocenters. The van der Waals surface area contributed by atoms with Crippen molar-refractivity contribution in [1.82, 2.24) is 0 Å². The molecule has 0 amide bonds. The lowest BCUT2D eigenvalue weighted by Crippen LogP contribution is -1.94. The molecule has 3 nitrogen and oxygen atoms in total. The van der Waals surface area contributed by atoms with E-state index in [1.54, 1.807) is 7.11 Å². The van der Waals surface area contributed by atoms with Crippen molar-refractivity contribution in [3.05, 3.63) is 17.7 Å². The maximum Gasteiger partial charge on any atom is 0.143 e. The quantitative estimate of drug-likeness (QED) is 0.614. The van der Waals surface area contributed by atoms with Crippen LogP contribution in [0.3, 0.4) is 0 Å². The van der Waals surface area contributed by atoms with Gasteiger partial charge in [-0.1, -0.05) is 0 Å². The molecule has 3 N–H and O–H groups in total. The van der Waals surface area contributed by atoms with Crippen molar-refractivity contribution in [2.75, 3.05) is 24.7 Å². The van der Waals surface area contributed by atoms with Gasteiger partial charge in [0, 0.05) is 18.3 Å². The minimum atomic E-state index is 0.722. The second-order valence-corrected chi connectivity index (χ2v) is 2.93. The molecule has 0 fully saturated rings.